The lowest BCUT2D eigenvalue weighted by molar-refractivity contribution is 0.0685. The lowest BCUT2D eigenvalue weighted by Gasteiger charge is -2.07. The Morgan fingerprint density at radius 3 is 3.00 bits per heavy atom. The van der Waals surface area contributed by atoms with Crippen LogP contribution in [0, 0.1) is 18.3 Å². The summed E-state index contributed by atoms with van der Waals surface area (Å²) in [4.78, 5) is 18.9. The van der Waals surface area contributed by atoms with Gasteiger partial charge in [0.05, 0.1) is 6.20 Å². The second-order valence-corrected chi connectivity index (χ2v) is 3.74. The van der Waals surface area contributed by atoms with E-state index in [4.69, 9.17) is 10.4 Å². The van der Waals surface area contributed by atoms with Crippen LogP contribution in [0.15, 0.2) is 24.5 Å². The summed E-state index contributed by atoms with van der Waals surface area (Å²) in [6.45, 7) is 2.09. The van der Waals surface area contributed by atoms with Crippen molar-refractivity contribution >= 4 is 5.97 Å². The zero-order valence-corrected chi connectivity index (χ0v) is 9.66. The monoisotopic (exact) mass is 242 g/mol. The first kappa shape index (κ1) is 11.8. The Balaban J connectivity index is 2.37. The molecule has 0 aliphatic rings. The van der Waals surface area contributed by atoms with E-state index in [1.54, 1.807) is 23.6 Å². The molecular formula is C12H10N4O2. The van der Waals surface area contributed by atoms with E-state index in [0.717, 1.165) is 5.56 Å². The normalized spacial score (nSPS) is 10.0. The van der Waals surface area contributed by atoms with Gasteiger partial charge in [0.15, 0.2) is 0 Å². The van der Waals surface area contributed by atoms with Gasteiger partial charge in [-0.1, -0.05) is 0 Å². The smallest absolute Gasteiger partial charge is 0.354 e. The molecule has 6 heteroatoms. The number of hydrogen-bond donors (Lipinski definition) is 1. The summed E-state index contributed by atoms with van der Waals surface area (Å²) in [5.74, 6) is -0.409. The van der Waals surface area contributed by atoms with Gasteiger partial charge in [-0.2, -0.15) is 5.26 Å². The van der Waals surface area contributed by atoms with Gasteiger partial charge in [0, 0.05) is 12.7 Å². The van der Waals surface area contributed by atoms with Crippen LogP contribution in [0.3, 0.4) is 0 Å². The van der Waals surface area contributed by atoms with Crippen LogP contribution in [0.25, 0.3) is 0 Å². The standard InChI is InChI=1S/C12H10N4O2/c1-8-15-6-11(12(17)18)16(8)7-9-2-3-14-10(4-9)5-13/h2-4,6H,7H2,1H3,(H,17,18). The van der Waals surface area contributed by atoms with E-state index >= 15 is 0 Å². The van der Waals surface area contributed by atoms with E-state index < -0.39 is 5.97 Å². The SMILES string of the molecule is Cc1ncc(C(=O)O)n1Cc1ccnc(C#N)c1. The highest BCUT2D eigenvalue weighted by Gasteiger charge is 2.13. The molecule has 0 aliphatic carbocycles. The fourth-order valence-corrected chi connectivity index (χ4v) is 1.65. The summed E-state index contributed by atoms with van der Waals surface area (Å²) in [5, 5.41) is 17.8. The number of rotatable bonds is 3. The Kier molecular flexibility index (Phi) is 3.06. The third-order valence-corrected chi connectivity index (χ3v) is 2.55. The first-order valence-corrected chi connectivity index (χ1v) is 5.22. The molecule has 2 heterocycles. The third kappa shape index (κ3) is 2.20. The topological polar surface area (TPSA) is 91.8 Å². The molecule has 0 amide bonds. The summed E-state index contributed by atoms with van der Waals surface area (Å²) in [5.41, 5.74) is 1.25. The highest BCUT2D eigenvalue weighted by molar-refractivity contribution is 5.85. The van der Waals surface area contributed by atoms with Crippen molar-refractivity contribution in [3.63, 3.8) is 0 Å². The van der Waals surface area contributed by atoms with Crippen LogP contribution >= 0.6 is 0 Å². The lowest BCUT2D eigenvalue weighted by Crippen LogP contribution is -2.11. The fourth-order valence-electron chi connectivity index (χ4n) is 1.65. The average Bonchev–Trinajstić information content (AvgIpc) is 2.71. The van der Waals surface area contributed by atoms with Crippen molar-refractivity contribution in [1.82, 2.24) is 14.5 Å². The largest absolute Gasteiger partial charge is 0.477 e. The Labute approximate surface area is 103 Å². The summed E-state index contributed by atoms with van der Waals surface area (Å²) < 4.78 is 1.58. The molecule has 6 nitrogen and oxygen atoms in total. The van der Waals surface area contributed by atoms with E-state index in [-0.39, 0.29) is 5.69 Å². The van der Waals surface area contributed by atoms with Crippen LogP contribution < -0.4 is 0 Å². The number of aromatic nitrogens is 3. The zero-order valence-electron chi connectivity index (χ0n) is 9.66. The van der Waals surface area contributed by atoms with Gasteiger partial charge in [-0.3, -0.25) is 0 Å². The van der Waals surface area contributed by atoms with Crippen molar-refractivity contribution in [2.45, 2.75) is 13.5 Å². The number of aromatic carboxylic acids is 1. The molecular weight excluding hydrogens is 232 g/mol. The van der Waals surface area contributed by atoms with Gasteiger partial charge in [-0.15, -0.1) is 0 Å². The van der Waals surface area contributed by atoms with Crippen molar-refractivity contribution in [2.75, 3.05) is 0 Å². The molecule has 0 radical (unpaired) electrons. The van der Waals surface area contributed by atoms with Gasteiger partial charge in [0.2, 0.25) is 0 Å². The second kappa shape index (κ2) is 4.67. The van der Waals surface area contributed by atoms with Crippen molar-refractivity contribution < 1.29 is 9.90 Å². The fraction of sp³-hybridized carbons (Fsp3) is 0.167. The predicted octanol–water partition coefficient (Wildman–Crippen LogP) is 1.20. The van der Waals surface area contributed by atoms with E-state index in [2.05, 4.69) is 9.97 Å². The molecule has 18 heavy (non-hydrogen) atoms. The number of carboxylic acid groups (broad SMARTS) is 1. The van der Waals surface area contributed by atoms with Crippen molar-refractivity contribution in [3.05, 3.63) is 47.3 Å². The molecule has 2 aromatic rings. The maximum atomic E-state index is 11.0. The summed E-state index contributed by atoms with van der Waals surface area (Å²) in [7, 11) is 0. The molecule has 0 atom stereocenters. The average molecular weight is 242 g/mol. The van der Waals surface area contributed by atoms with Gasteiger partial charge in [0.1, 0.15) is 23.3 Å². The zero-order chi connectivity index (χ0) is 13.1. The highest BCUT2D eigenvalue weighted by atomic mass is 16.4. The summed E-state index contributed by atoms with van der Waals surface area (Å²) >= 11 is 0. The summed E-state index contributed by atoms with van der Waals surface area (Å²) in [6, 6.07) is 5.32. The van der Waals surface area contributed by atoms with Crippen LogP contribution in [0.4, 0.5) is 0 Å². The van der Waals surface area contributed by atoms with Crippen molar-refractivity contribution in [2.24, 2.45) is 0 Å². The molecule has 2 rings (SSSR count). The first-order valence-electron chi connectivity index (χ1n) is 5.22. The third-order valence-electron chi connectivity index (χ3n) is 2.55. The van der Waals surface area contributed by atoms with E-state index in [9.17, 15) is 4.79 Å². The molecule has 0 aromatic carbocycles. The number of nitriles is 1. The van der Waals surface area contributed by atoms with Gasteiger partial charge >= 0.3 is 5.97 Å². The number of carbonyl (C=O) groups is 1. The second-order valence-electron chi connectivity index (χ2n) is 3.74. The van der Waals surface area contributed by atoms with Crippen LogP contribution in [-0.2, 0) is 6.54 Å². The van der Waals surface area contributed by atoms with E-state index in [1.165, 1.54) is 12.4 Å². The molecule has 1 N–H and O–H groups in total. The van der Waals surface area contributed by atoms with Gasteiger partial charge in [-0.25, -0.2) is 14.8 Å². The van der Waals surface area contributed by atoms with Gasteiger partial charge in [-0.05, 0) is 24.6 Å². The minimum Gasteiger partial charge on any atom is -0.477 e. The molecule has 0 spiro atoms. The van der Waals surface area contributed by atoms with Gasteiger partial charge < -0.3 is 9.67 Å². The van der Waals surface area contributed by atoms with Crippen molar-refractivity contribution in [3.8, 4) is 6.07 Å². The van der Waals surface area contributed by atoms with Crippen LogP contribution in [0.5, 0.6) is 0 Å². The molecule has 90 valence electrons. The minimum absolute atomic E-state index is 0.128. The quantitative estimate of drug-likeness (QED) is 0.873. The highest BCUT2D eigenvalue weighted by Crippen LogP contribution is 2.10. The number of imidazole rings is 1. The summed E-state index contributed by atoms with van der Waals surface area (Å²) in [6.07, 6.45) is 2.85. The first-order chi connectivity index (χ1) is 8.61. The molecule has 0 aliphatic heterocycles. The molecule has 0 saturated heterocycles. The van der Waals surface area contributed by atoms with Crippen LogP contribution in [-0.4, -0.2) is 25.6 Å². The Morgan fingerprint density at radius 1 is 1.56 bits per heavy atom. The molecule has 2 aromatic heterocycles. The Morgan fingerprint density at radius 2 is 2.33 bits per heavy atom. The molecule has 0 unspecified atom stereocenters. The molecule has 0 fully saturated rings. The lowest BCUT2D eigenvalue weighted by atomic mass is 10.2. The maximum Gasteiger partial charge on any atom is 0.354 e. The Bertz CT molecular complexity index is 640. The van der Waals surface area contributed by atoms with E-state index in [1.807, 2.05) is 6.07 Å². The Hall–Kier alpha value is -2.68. The predicted molar refractivity (Wildman–Crippen MR) is 62.0 cm³/mol. The van der Waals surface area contributed by atoms with Crippen molar-refractivity contribution in [1.29, 1.82) is 5.26 Å². The number of pyridine rings is 1. The van der Waals surface area contributed by atoms with E-state index in [0.29, 0.717) is 18.1 Å². The minimum atomic E-state index is -1.02. The molecule has 0 bridgehead atoms. The maximum absolute atomic E-state index is 11.0. The molecule has 0 saturated carbocycles. The number of carboxylic acids is 1. The number of nitrogens with zero attached hydrogens (tertiary/aromatic N) is 4. The number of aryl methyl sites for hydroxylation is 1. The number of hydrogen-bond acceptors (Lipinski definition) is 4. The van der Waals surface area contributed by atoms with Gasteiger partial charge in [0.25, 0.3) is 0 Å². The van der Waals surface area contributed by atoms with Crippen LogP contribution in [0.1, 0.15) is 27.6 Å². The van der Waals surface area contributed by atoms with Crippen LogP contribution in [0.2, 0.25) is 0 Å².